The van der Waals surface area contributed by atoms with Crippen molar-refractivity contribution < 1.29 is 0 Å². The molecule has 64 valence electrons. The van der Waals surface area contributed by atoms with Crippen molar-refractivity contribution in [1.29, 1.82) is 5.26 Å². The lowest BCUT2D eigenvalue weighted by Gasteiger charge is -2.03. The van der Waals surface area contributed by atoms with E-state index in [1.165, 1.54) is 0 Å². The van der Waals surface area contributed by atoms with Crippen molar-refractivity contribution in [2.24, 2.45) is 0 Å². The second-order valence-electron chi connectivity index (χ2n) is 2.95. The van der Waals surface area contributed by atoms with Gasteiger partial charge in [-0.05, 0) is 30.2 Å². The number of hydrogen-bond donors (Lipinski definition) is 0. The molecule has 13 heavy (non-hydrogen) atoms. The highest BCUT2D eigenvalue weighted by Gasteiger charge is 1.98. The van der Waals surface area contributed by atoms with Gasteiger partial charge in [0.05, 0.1) is 11.6 Å². The number of allylic oxidation sites excluding steroid dienone is 2. The molecule has 0 fully saturated rings. The maximum absolute atomic E-state index is 8.59. The Kier molecular flexibility index (Phi) is 2.66. The van der Waals surface area contributed by atoms with Crippen LogP contribution in [-0.4, -0.2) is 0 Å². The lowest BCUT2D eigenvalue weighted by atomic mass is 10.0. The van der Waals surface area contributed by atoms with Gasteiger partial charge < -0.3 is 0 Å². The van der Waals surface area contributed by atoms with Crippen LogP contribution in [0.25, 0.3) is 5.57 Å². The minimum atomic E-state index is 0.665. The third kappa shape index (κ3) is 2.07. The molecule has 0 bridgehead atoms. The quantitative estimate of drug-likeness (QED) is 0.624. The van der Waals surface area contributed by atoms with E-state index < -0.39 is 0 Å². The van der Waals surface area contributed by atoms with Crippen LogP contribution in [0.5, 0.6) is 0 Å². The molecule has 0 radical (unpaired) electrons. The van der Waals surface area contributed by atoms with E-state index >= 15 is 0 Å². The predicted octanol–water partition coefficient (Wildman–Crippen LogP) is 3.15. The molecule has 0 atom stereocenters. The van der Waals surface area contributed by atoms with Gasteiger partial charge in [-0.3, -0.25) is 0 Å². The molecule has 0 aliphatic heterocycles. The zero-order valence-electron chi connectivity index (χ0n) is 7.67. The van der Waals surface area contributed by atoms with E-state index in [0.717, 1.165) is 16.7 Å². The molecule has 1 aromatic rings. The SMILES string of the molecule is C=C(C)C(=C)c1ccc(C#N)cc1. The maximum Gasteiger partial charge on any atom is 0.0991 e. The summed E-state index contributed by atoms with van der Waals surface area (Å²) in [5.41, 5.74) is 3.55. The molecule has 0 aromatic heterocycles. The fourth-order valence-electron chi connectivity index (χ4n) is 0.992. The molecule has 0 N–H and O–H groups in total. The van der Waals surface area contributed by atoms with Crippen LogP contribution in [0, 0.1) is 11.3 Å². The van der Waals surface area contributed by atoms with Crippen molar-refractivity contribution in [3.05, 3.63) is 54.1 Å². The zero-order valence-corrected chi connectivity index (χ0v) is 7.67. The van der Waals surface area contributed by atoms with Gasteiger partial charge in [-0.15, -0.1) is 0 Å². The Balaban J connectivity index is 3.01. The van der Waals surface area contributed by atoms with Crippen LogP contribution >= 0.6 is 0 Å². The summed E-state index contributed by atoms with van der Waals surface area (Å²) in [5.74, 6) is 0. The normalized spacial score (nSPS) is 8.92. The van der Waals surface area contributed by atoms with Crippen LogP contribution in [-0.2, 0) is 0 Å². The summed E-state index contributed by atoms with van der Waals surface area (Å²) in [6.45, 7) is 9.62. The molecule has 0 amide bonds. The number of rotatable bonds is 2. The van der Waals surface area contributed by atoms with Crippen molar-refractivity contribution in [3.8, 4) is 6.07 Å². The summed E-state index contributed by atoms with van der Waals surface area (Å²) >= 11 is 0. The first-order valence-corrected chi connectivity index (χ1v) is 4.00. The minimum Gasteiger partial charge on any atom is -0.192 e. The largest absolute Gasteiger partial charge is 0.192 e. The topological polar surface area (TPSA) is 23.8 Å². The lowest BCUT2D eigenvalue weighted by molar-refractivity contribution is 1.46. The third-order valence-corrected chi connectivity index (χ3v) is 1.88. The number of nitrogens with zero attached hydrogens (tertiary/aromatic N) is 1. The second-order valence-corrected chi connectivity index (χ2v) is 2.95. The Morgan fingerprint density at radius 3 is 2.15 bits per heavy atom. The van der Waals surface area contributed by atoms with Crippen LogP contribution in [0.4, 0.5) is 0 Å². The van der Waals surface area contributed by atoms with Gasteiger partial charge in [0, 0.05) is 0 Å². The van der Waals surface area contributed by atoms with Crippen LogP contribution < -0.4 is 0 Å². The van der Waals surface area contributed by atoms with Gasteiger partial charge in [0.15, 0.2) is 0 Å². The Bertz CT molecular complexity index is 377. The molecule has 0 saturated heterocycles. The van der Waals surface area contributed by atoms with Crippen LogP contribution in [0.3, 0.4) is 0 Å². The first-order valence-electron chi connectivity index (χ1n) is 4.00. The van der Waals surface area contributed by atoms with Gasteiger partial charge in [0.25, 0.3) is 0 Å². The summed E-state index contributed by atoms with van der Waals surface area (Å²) in [6.07, 6.45) is 0. The van der Waals surface area contributed by atoms with Crippen molar-refractivity contribution in [2.45, 2.75) is 6.92 Å². The Morgan fingerprint density at radius 1 is 1.23 bits per heavy atom. The van der Waals surface area contributed by atoms with E-state index in [1.807, 2.05) is 19.1 Å². The van der Waals surface area contributed by atoms with E-state index in [2.05, 4.69) is 19.2 Å². The van der Waals surface area contributed by atoms with E-state index in [-0.39, 0.29) is 0 Å². The molecule has 1 aromatic carbocycles. The van der Waals surface area contributed by atoms with Crippen molar-refractivity contribution in [3.63, 3.8) is 0 Å². The highest BCUT2D eigenvalue weighted by atomic mass is 14.2. The summed E-state index contributed by atoms with van der Waals surface area (Å²) < 4.78 is 0. The van der Waals surface area contributed by atoms with Gasteiger partial charge in [-0.1, -0.05) is 30.9 Å². The average molecular weight is 169 g/mol. The Morgan fingerprint density at radius 2 is 1.77 bits per heavy atom. The second kappa shape index (κ2) is 3.73. The summed E-state index contributed by atoms with van der Waals surface area (Å²) in [5, 5.41) is 8.59. The molecular weight excluding hydrogens is 158 g/mol. The molecule has 0 unspecified atom stereocenters. The molecule has 1 heteroatoms. The van der Waals surface area contributed by atoms with Crippen molar-refractivity contribution in [1.82, 2.24) is 0 Å². The highest BCUT2D eigenvalue weighted by molar-refractivity contribution is 5.76. The maximum atomic E-state index is 8.59. The zero-order chi connectivity index (χ0) is 9.84. The Labute approximate surface area is 78.6 Å². The molecule has 1 rings (SSSR count). The monoisotopic (exact) mass is 169 g/mol. The molecule has 0 aliphatic carbocycles. The molecular formula is C12H11N. The van der Waals surface area contributed by atoms with Crippen LogP contribution in [0.1, 0.15) is 18.1 Å². The van der Waals surface area contributed by atoms with E-state index in [0.29, 0.717) is 5.56 Å². The molecule has 0 aliphatic rings. The van der Waals surface area contributed by atoms with Crippen LogP contribution in [0.2, 0.25) is 0 Å². The predicted molar refractivity (Wildman–Crippen MR) is 55.0 cm³/mol. The highest BCUT2D eigenvalue weighted by Crippen LogP contribution is 2.19. The third-order valence-electron chi connectivity index (χ3n) is 1.88. The van der Waals surface area contributed by atoms with Crippen molar-refractivity contribution >= 4 is 5.57 Å². The molecule has 0 saturated carbocycles. The smallest absolute Gasteiger partial charge is 0.0991 e. The molecule has 0 heterocycles. The summed E-state index contributed by atoms with van der Waals surface area (Å²) in [6, 6.07) is 9.40. The Hall–Kier alpha value is -1.81. The first kappa shape index (κ1) is 9.28. The van der Waals surface area contributed by atoms with Gasteiger partial charge >= 0.3 is 0 Å². The van der Waals surface area contributed by atoms with E-state index in [4.69, 9.17) is 5.26 Å². The lowest BCUT2D eigenvalue weighted by Crippen LogP contribution is -1.83. The fraction of sp³-hybridized carbons (Fsp3) is 0.0833. The van der Waals surface area contributed by atoms with E-state index in [9.17, 15) is 0 Å². The van der Waals surface area contributed by atoms with E-state index in [1.54, 1.807) is 12.1 Å². The molecule has 1 nitrogen and oxygen atoms in total. The van der Waals surface area contributed by atoms with Gasteiger partial charge in [-0.25, -0.2) is 0 Å². The van der Waals surface area contributed by atoms with Crippen LogP contribution in [0.15, 0.2) is 43.0 Å². The summed E-state index contributed by atoms with van der Waals surface area (Å²) in [7, 11) is 0. The van der Waals surface area contributed by atoms with Gasteiger partial charge in [-0.2, -0.15) is 5.26 Å². The number of nitriles is 1. The minimum absolute atomic E-state index is 0.665. The fourth-order valence-corrected chi connectivity index (χ4v) is 0.992. The van der Waals surface area contributed by atoms with Gasteiger partial charge in [0.1, 0.15) is 0 Å². The van der Waals surface area contributed by atoms with Crippen molar-refractivity contribution in [2.75, 3.05) is 0 Å². The average Bonchev–Trinajstić information content (AvgIpc) is 2.17. The van der Waals surface area contributed by atoms with Gasteiger partial charge in [0.2, 0.25) is 0 Å². The number of hydrogen-bond acceptors (Lipinski definition) is 1. The molecule has 0 spiro atoms. The first-order chi connectivity index (χ1) is 6.15. The number of benzene rings is 1. The summed E-state index contributed by atoms with van der Waals surface area (Å²) in [4.78, 5) is 0. The standard InChI is InChI=1S/C12H11N/c1-9(2)10(3)12-6-4-11(8-13)5-7-12/h4-7H,1,3H2,2H3.